The molecule has 0 fully saturated rings. The van der Waals surface area contributed by atoms with E-state index in [2.05, 4.69) is 252 Å². The molecule has 0 radical (unpaired) electrons. The van der Waals surface area contributed by atoms with Crippen LogP contribution in [0.2, 0.25) is 0 Å². The molecule has 4 aromatic heterocycles. The van der Waals surface area contributed by atoms with Crippen molar-refractivity contribution in [1.29, 1.82) is 0 Å². The first kappa shape index (κ1) is 39.8. The third kappa shape index (κ3) is 6.23. The normalized spacial score (nSPS) is 11.9. The number of fused-ring (bicyclic) bond motifs is 14. The molecule has 4 heterocycles. The molecule has 0 aliphatic carbocycles. The van der Waals surface area contributed by atoms with Gasteiger partial charge in [-0.05, 0) is 86.9 Å². The van der Waals surface area contributed by atoms with Crippen molar-refractivity contribution in [3.63, 3.8) is 0 Å². The maximum absolute atomic E-state index is 5.63. The topological polar surface area (TPSA) is 35.6 Å². The number of rotatable bonds is 6. The van der Waals surface area contributed by atoms with Crippen molar-refractivity contribution < 1.29 is 0 Å². The van der Waals surface area contributed by atoms with E-state index in [1.165, 1.54) is 85.4 Å². The first-order valence-electron chi connectivity index (χ1n) is 24.1. The van der Waals surface area contributed by atoms with Gasteiger partial charge in [0.1, 0.15) is 5.82 Å². The zero-order valence-corrected chi connectivity index (χ0v) is 39.1. The fourth-order valence-electron chi connectivity index (χ4n) is 11.2. The van der Waals surface area contributed by atoms with Crippen LogP contribution in [0, 0.1) is 0 Å². The van der Waals surface area contributed by atoms with E-state index in [9.17, 15) is 0 Å². The van der Waals surface area contributed by atoms with Gasteiger partial charge >= 0.3 is 0 Å². The van der Waals surface area contributed by atoms with E-state index in [0.29, 0.717) is 5.82 Å². The SMILES string of the molecule is c1ccc(-c2cccc(-c3nc(-c4ccc5ccccc5c4)cc(-n4c5ccccc5c5c6ccccc6c6sc7cc8c(cc7c6c54)c4ccccc4n8-c4cccc(-c5ccccc5)c4)n3)c2)cc1. The van der Waals surface area contributed by atoms with E-state index < -0.39 is 0 Å². The zero-order valence-electron chi connectivity index (χ0n) is 38.3. The Labute approximate surface area is 412 Å². The van der Waals surface area contributed by atoms with Crippen LogP contribution in [0.1, 0.15) is 0 Å². The van der Waals surface area contributed by atoms with Gasteiger partial charge in [-0.25, -0.2) is 9.97 Å². The zero-order chi connectivity index (χ0) is 46.6. The van der Waals surface area contributed by atoms with Crippen molar-refractivity contribution in [3.05, 3.63) is 243 Å². The summed E-state index contributed by atoms with van der Waals surface area (Å²) in [5, 5.41) is 12.2. The monoisotopic (exact) mass is 920 g/mol. The number of hydrogen-bond acceptors (Lipinski definition) is 3. The number of thiophene rings is 1. The second kappa shape index (κ2) is 15.7. The van der Waals surface area contributed by atoms with Gasteiger partial charge in [0.2, 0.25) is 0 Å². The Hall–Kier alpha value is -9.16. The number of para-hydroxylation sites is 2. The van der Waals surface area contributed by atoms with Crippen LogP contribution < -0.4 is 0 Å². The largest absolute Gasteiger partial charge is 0.309 e. The van der Waals surface area contributed by atoms with Crippen molar-refractivity contribution >= 4 is 96.7 Å². The van der Waals surface area contributed by atoms with Gasteiger partial charge in [0.05, 0.1) is 27.8 Å². The minimum atomic E-state index is 0.674. The molecule has 0 bridgehead atoms. The fourth-order valence-corrected chi connectivity index (χ4v) is 12.5. The number of hydrogen-bond donors (Lipinski definition) is 0. The molecular formula is C66H40N4S. The van der Waals surface area contributed by atoms with Gasteiger partial charge in [0.25, 0.3) is 0 Å². The number of aromatic nitrogens is 4. The molecule has 0 N–H and O–H groups in total. The molecule has 0 aliphatic rings. The smallest absolute Gasteiger partial charge is 0.162 e. The fraction of sp³-hybridized carbons (Fsp3) is 0. The Bertz CT molecular complexity index is 4640. The summed E-state index contributed by atoms with van der Waals surface area (Å²) >= 11 is 1.89. The molecule has 11 aromatic carbocycles. The van der Waals surface area contributed by atoms with Gasteiger partial charge < -0.3 is 4.57 Å². The van der Waals surface area contributed by atoms with Crippen molar-refractivity contribution in [2.24, 2.45) is 0 Å². The Balaban J connectivity index is 1.05. The molecule has 0 amide bonds. The molecule has 15 rings (SSSR count). The van der Waals surface area contributed by atoms with Crippen molar-refractivity contribution in [3.8, 4) is 56.4 Å². The average molecular weight is 921 g/mol. The molecule has 15 aromatic rings. The highest BCUT2D eigenvalue weighted by Crippen LogP contribution is 2.50. The van der Waals surface area contributed by atoms with E-state index in [1.54, 1.807) is 0 Å². The Kier molecular flexibility index (Phi) is 8.79. The van der Waals surface area contributed by atoms with Crippen LogP contribution in [-0.4, -0.2) is 19.1 Å². The van der Waals surface area contributed by atoms with Gasteiger partial charge in [-0.15, -0.1) is 11.3 Å². The number of benzene rings is 11. The molecule has 4 nitrogen and oxygen atoms in total. The highest BCUT2D eigenvalue weighted by atomic mass is 32.1. The van der Waals surface area contributed by atoms with Crippen LogP contribution in [0.4, 0.5) is 0 Å². The predicted octanol–water partition coefficient (Wildman–Crippen LogP) is 18.0. The minimum Gasteiger partial charge on any atom is -0.309 e. The average Bonchev–Trinajstić information content (AvgIpc) is 4.10. The molecule has 71 heavy (non-hydrogen) atoms. The molecular weight excluding hydrogens is 881 g/mol. The molecule has 0 aliphatic heterocycles. The summed E-state index contributed by atoms with van der Waals surface area (Å²) in [5.41, 5.74) is 13.3. The van der Waals surface area contributed by atoms with Gasteiger partial charge in [0, 0.05) is 70.0 Å². The van der Waals surface area contributed by atoms with E-state index in [0.717, 1.165) is 50.5 Å². The van der Waals surface area contributed by atoms with Crippen molar-refractivity contribution in [2.45, 2.75) is 0 Å². The summed E-state index contributed by atoms with van der Waals surface area (Å²) in [6.07, 6.45) is 0. The van der Waals surface area contributed by atoms with E-state index >= 15 is 0 Å². The first-order valence-corrected chi connectivity index (χ1v) is 25.0. The van der Waals surface area contributed by atoms with E-state index in [4.69, 9.17) is 9.97 Å². The summed E-state index contributed by atoms with van der Waals surface area (Å²) in [4.78, 5) is 11.1. The van der Waals surface area contributed by atoms with Gasteiger partial charge in [-0.1, -0.05) is 188 Å². The Morgan fingerprint density at radius 3 is 1.73 bits per heavy atom. The second-order valence-electron chi connectivity index (χ2n) is 18.5. The number of nitrogens with zero attached hydrogens (tertiary/aromatic N) is 4. The highest BCUT2D eigenvalue weighted by molar-refractivity contribution is 7.27. The lowest BCUT2D eigenvalue weighted by molar-refractivity contribution is 1.05. The lowest BCUT2D eigenvalue weighted by Gasteiger charge is -2.14. The lowest BCUT2D eigenvalue weighted by atomic mass is 9.99. The highest BCUT2D eigenvalue weighted by Gasteiger charge is 2.25. The quantitative estimate of drug-likeness (QED) is 0.167. The predicted molar refractivity (Wildman–Crippen MR) is 300 cm³/mol. The van der Waals surface area contributed by atoms with Crippen LogP contribution >= 0.6 is 11.3 Å². The van der Waals surface area contributed by atoms with Crippen LogP contribution in [0.5, 0.6) is 0 Å². The van der Waals surface area contributed by atoms with Crippen LogP contribution in [0.25, 0.3) is 142 Å². The van der Waals surface area contributed by atoms with Gasteiger partial charge in [0.15, 0.2) is 5.82 Å². The molecule has 0 saturated heterocycles. The minimum absolute atomic E-state index is 0.674. The van der Waals surface area contributed by atoms with Crippen LogP contribution in [0.3, 0.4) is 0 Å². The maximum Gasteiger partial charge on any atom is 0.162 e. The van der Waals surface area contributed by atoms with Crippen LogP contribution in [0.15, 0.2) is 243 Å². The van der Waals surface area contributed by atoms with Gasteiger partial charge in [-0.3, -0.25) is 4.57 Å². The summed E-state index contributed by atoms with van der Waals surface area (Å²) in [7, 11) is 0. The Morgan fingerprint density at radius 1 is 0.324 bits per heavy atom. The lowest BCUT2D eigenvalue weighted by Crippen LogP contribution is -2.03. The maximum atomic E-state index is 5.63. The molecule has 0 saturated carbocycles. The second-order valence-corrected chi connectivity index (χ2v) is 19.6. The summed E-state index contributed by atoms with van der Waals surface area (Å²) in [6.45, 7) is 0. The third-order valence-electron chi connectivity index (χ3n) is 14.5. The van der Waals surface area contributed by atoms with E-state index in [-0.39, 0.29) is 0 Å². The van der Waals surface area contributed by atoms with Crippen molar-refractivity contribution in [1.82, 2.24) is 19.1 Å². The standard InChI is InChI=1S/C66H40N4S/c1-3-17-41(18-4-1)45-23-15-25-48(36-45)66-67-56(47-34-33-43-21-7-8-22-44(43)35-47)39-61(68-66)70-58-32-14-12-30-53(58)62-51-28-9-10-29-52(51)65-63(64(62)70)55-38-54-50-27-11-13-31-57(50)69(59(54)40-60(55)71-65)49-26-16-24-46(37-49)42-19-5-2-6-20-42/h1-40H. The summed E-state index contributed by atoms with van der Waals surface area (Å²) in [6, 6.07) is 87.9. The molecule has 5 heteroatoms. The molecule has 0 unspecified atom stereocenters. The van der Waals surface area contributed by atoms with Gasteiger partial charge in [-0.2, -0.15) is 0 Å². The third-order valence-corrected chi connectivity index (χ3v) is 15.6. The van der Waals surface area contributed by atoms with E-state index in [1.807, 2.05) is 11.3 Å². The molecule has 0 atom stereocenters. The summed E-state index contributed by atoms with van der Waals surface area (Å²) < 4.78 is 7.39. The Morgan fingerprint density at radius 2 is 0.944 bits per heavy atom. The first-order chi connectivity index (χ1) is 35.2. The molecule has 0 spiro atoms. The summed E-state index contributed by atoms with van der Waals surface area (Å²) in [5.74, 6) is 1.49. The van der Waals surface area contributed by atoms with Crippen LogP contribution in [-0.2, 0) is 0 Å². The molecule has 330 valence electrons. The van der Waals surface area contributed by atoms with Crippen molar-refractivity contribution in [2.75, 3.05) is 0 Å².